The van der Waals surface area contributed by atoms with Crippen LogP contribution in [0.2, 0.25) is 0 Å². The molecule has 1 amide bonds. The maximum Gasteiger partial charge on any atom is 0.255 e. The van der Waals surface area contributed by atoms with Crippen LogP contribution in [-0.2, 0) is 10.8 Å². The summed E-state index contributed by atoms with van der Waals surface area (Å²) in [6.45, 7) is 5.06. The SMILES string of the molecule is CCCNc1ncccc1C(=O)NCC(C)S(C)=O. The van der Waals surface area contributed by atoms with Gasteiger partial charge < -0.3 is 10.6 Å². The first-order valence-electron chi connectivity index (χ1n) is 6.35. The summed E-state index contributed by atoms with van der Waals surface area (Å²) < 4.78 is 11.2. The van der Waals surface area contributed by atoms with Crippen LogP contribution in [0.5, 0.6) is 0 Å². The highest BCUT2D eigenvalue weighted by Gasteiger charge is 2.13. The number of hydrogen-bond donors (Lipinski definition) is 2. The van der Waals surface area contributed by atoms with E-state index in [1.807, 2.05) is 13.8 Å². The quantitative estimate of drug-likeness (QED) is 0.793. The average molecular weight is 283 g/mol. The lowest BCUT2D eigenvalue weighted by Gasteiger charge is -2.12. The predicted molar refractivity (Wildman–Crippen MR) is 78.9 cm³/mol. The standard InChI is InChI=1S/C13H21N3O2S/c1-4-7-14-12-11(6-5-8-15-12)13(17)16-9-10(2)19(3)18/h5-6,8,10H,4,7,9H2,1-3H3,(H,14,15)(H,16,17). The first-order chi connectivity index (χ1) is 9.06. The number of aromatic nitrogens is 1. The van der Waals surface area contributed by atoms with Crippen molar-refractivity contribution in [3.63, 3.8) is 0 Å². The highest BCUT2D eigenvalue weighted by Crippen LogP contribution is 2.11. The molecule has 1 rings (SSSR count). The Balaban J connectivity index is 2.68. The fraction of sp³-hybridized carbons (Fsp3) is 0.538. The Kier molecular flexibility index (Phi) is 6.49. The Bertz CT molecular complexity index is 451. The van der Waals surface area contributed by atoms with Crippen LogP contribution < -0.4 is 10.6 Å². The lowest BCUT2D eigenvalue weighted by molar-refractivity contribution is 0.0954. The van der Waals surface area contributed by atoms with Crippen LogP contribution in [0.25, 0.3) is 0 Å². The third-order valence-electron chi connectivity index (χ3n) is 2.71. The van der Waals surface area contributed by atoms with Crippen molar-refractivity contribution < 1.29 is 9.00 Å². The Hall–Kier alpha value is -1.43. The summed E-state index contributed by atoms with van der Waals surface area (Å²) in [5, 5.41) is 5.84. The molecule has 2 atom stereocenters. The number of amides is 1. The number of nitrogens with zero attached hydrogens (tertiary/aromatic N) is 1. The van der Waals surface area contributed by atoms with E-state index in [-0.39, 0.29) is 11.2 Å². The smallest absolute Gasteiger partial charge is 0.255 e. The summed E-state index contributed by atoms with van der Waals surface area (Å²) in [7, 11) is -0.939. The lowest BCUT2D eigenvalue weighted by atomic mass is 10.2. The van der Waals surface area contributed by atoms with Crippen molar-refractivity contribution in [1.29, 1.82) is 0 Å². The topological polar surface area (TPSA) is 71.1 Å². The molecule has 1 aromatic heterocycles. The number of anilines is 1. The van der Waals surface area contributed by atoms with E-state index in [9.17, 15) is 9.00 Å². The van der Waals surface area contributed by atoms with E-state index in [0.717, 1.165) is 13.0 Å². The van der Waals surface area contributed by atoms with Crippen LogP contribution in [0.4, 0.5) is 5.82 Å². The van der Waals surface area contributed by atoms with Gasteiger partial charge in [0.25, 0.3) is 5.91 Å². The molecular formula is C13H21N3O2S. The van der Waals surface area contributed by atoms with Gasteiger partial charge in [0.1, 0.15) is 5.82 Å². The van der Waals surface area contributed by atoms with Gasteiger partial charge in [-0.2, -0.15) is 0 Å². The van der Waals surface area contributed by atoms with E-state index >= 15 is 0 Å². The minimum absolute atomic E-state index is 0.0623. The Labute approximate surface area is 116 Å². The molecule has 6 heteroatoms. The molecule has 106 valence electrons. The summed E-state index contributed by atoms with van der Waals surface area (Å²) in [4.78, 5) is 16.2. The van der Waals surface area contributed by atoms with Gasteiger partial charge in [0, 0.05) is 41.6 Å². The molecule has 0 saturated heterocycles. The molecule has 1 aromatic rings. The fourth-order valence-electron chi connectivity index (χ4n) is 1.42. The van der Waals surface area contributed by atoms with E-state index in [1.54, 1.807) is 24.6 Å². The summed E-state index contributed by atoms with van der Waals surface area (Å²) in [5.74, 6) is 0.399. The molecular weight excluding hydrogens is 262 g/mol. The van der Waals surface area contributed by atoms with E-state index in [2.05, 4.69) is 15.6 Å². The fourth-order valence-corrected chi connectivity index (χ4v) is 1.74. The normalized spacial score (nSPS) is 13.6. The van der Waals surface area contributed by atoms with Gasteiger partial charge in [-0.15, -0.1) is 0 Å². The zero-order valence-corrected chi connectivity index (χ0v) is 12.4. The molecule has 0 radical (unpaired) electrons. The van der Waals surface area contributed by atoms with Crippen molar-refractivity contribution in [2.75, 3.05) is 24.7 Å². The number of hydrogen-bond acceptors (Lipinski definition) is 4. The summed E-state index contributed by atoms with van der Waals surface area (Å²) in [6, 6.07) is 3.46. The first-order valence-corrected chi connectivity index (χ1v) is 7.97. The molecule has 2 unspecified atom stereocenters. The second-order valence-corrected chi connectivity index (χ2v) is 6.15. The lowest BCUT2D eigenvalue weighted by Crippen LogP contribution is -2.33. The van der Waals surface area contributed by atoms with Crippen LogP contribution in [0.1, 0.15) is 30.6 Å². The van der Waals surface area contributed by atoms with Gasteiger partial charge in [-0.3, -0.25) is 9.00 Å². The summed E-state index contributed by atoms with van der Waals surface area (Å²) >= 11 is 0. The maximum absolute atomic E-state index is 12.1. The van der Waals surface area contributed by atoms with Crippen LogP contribution in [0.3, 0.4) is 0 Å². The van der Waals surface area contributed by atoms with Crippen LogP contribution in [0.15, 0.2) is 18.3 Å². The maximum atomic E-state index is 12.1. The second-order valence-electron chi connectivity index (χ2n) is 4.35. The summed E-state index contributed by atoms with van der Waals surface area (Å²) in [6.07, 6.45) is 4.25. The average Bonchev–Trinajstić information content (AvgIpc) is 2.42. The van der Waals surface area contributed by atoms with Gasteiger partial charge in [0.2, 0.25) is 0 Å². The third-order valence-corrected chi connectivity index (χ3v) is 4.01. The zero-order chi connectivity index (χ0) is 14.3. The van der Waals surface area contributed by atoms with Crippen molar-refractivity contribution in [3.8, 4) is 0 Å². The molecule has 0 spiro atoms. The number of carbonyl (C=O) groups excluding carboxylic acids is 1. The van der Waals surface area contributed by atoms with E-state index in [0.29, 0.717) is 17.9 Å². The number of pyridine rings is 1. The Morgan fingerprint density at radius 1 is 1.53 bits per heavy atom. The van der Waals surface area contributed by atoms with Crippen LogP contribution in [0, 0.1) is 0 Å². The number of nitrogens with one attached hydrogen (secondary N) is 2. The van der Waals surface area contributed by atoms with E-state index < -0.39 is 10.8 Å². The Morgan fingerprint density at radius 3 is 2.89 bits per heavy atom. The van der Waals surface area contributed by atoms with Crippen LogP contribution >= 0.6 is 0 Å². The molecule has 0 fully saturated rings. The van der Waals surface area contributed by atoms with Gasteiger partial charge in [-0.1, -0.05) is 6.92 Å². The van der Waals surface area contributed by atoms with Gasteiger partial charge >= 0.3 is 0 Å². The molecule has 0 aromatic carbocycles. The molecule has 0 aliphatic carbocycles. The second kappa shape index (κ2) is 7.89. The number of carbonyl (C=O) groups is 1. The molecule has 0 saturated carbocycles. The van der Waals surface area contributed by atoms with Gasteiger partial charge in [0.05, 0.1) is 5.56 Å². The highest BCUT2D eigenvalue weighted by molar-refractivity contribution is 7.84. The Morgan fingerprint density at radius 2 is 2.26 bits per heavy atom. The molecule has 19 heavy (non-hydrogen) atoms. The van der Waals surface area contributed by atoms with Crippen molar-refractivity contribution in [2.24, 2.45) is 0 Å². The largest absolute Gasteiger partial charge is 0.369 e. The van der Waals surface area contributed by atoms with Crippen molar-refractivity contribution >= 4 is 22.5 Å². The van der Waals surface area contributed by atoms with Gasteiger partial charge in [-0.25, -0.2) is 4.98 Å². The highest BCUT2D eigenvalue weighted by atomic mass is 32.2. The van der Waals surface area contributed by atoms with E-state index in [4.69, 9.17) is 0 Å². The first kappa shape index (κ1) is 15.6. The number of rotatable bonds is 7. The van der Waals surface area contributed by atoms with Crippen molar-refractivity contribution in [2.45, 2.75) is 25.5 Å². The minimum Gasteiger partial charge on any atom is -0.369 e. The van der Waals surface area contributed by atoms with Gasteiger partial charge in [-0.05, 0) is 25.5 Å². The van der Waals surface area contributed by atoms with Gasteiger partial charge in [0.15, 0.2) is 0 Å². The molecule has 0 aliphatic heterocycles. The van der Waals surface area contributed by atoms with Crippen molar-refractivity contribution in [1.82, 2.24) is 10.3 Å². The molecule has 1 heterocycles. The third kappa shape index (κ3) is 4.98. The summed E-state index contributed by atoms with van der Waals surface area (Å²) in [5.41, 5.74) is 0.519. The van der Waals surface area contributed by atoms with Crippen molar-refractivity contribution in [3.05, 3.63) is 23.9 Å². The minimum atomic E-state index is -0.939. The molecule has 0 aliphatic rings. The predicted octanol–water partition coefficient (Wildman–Crippen LogP) is 1.40. The monoisotopic (exact) mass is 283 g/mol. The van der Waals surface area contributed by atoms with Crippen LogP contribution in [-0.4, -0.2) is 39.7 Å². The molecule has 5 nitrogen and oxygen atoms in total. The zero-order valence-electron chi connectivity index (χ0n) is 11.6. The molecule has 0 bridgehead atoms. The molecule has 2 N–H and O–H groups in total. The van der Waals surface area contributed by atoms with E-state index in [1.165, 1.54) is 0 Å².